The number of phenolic OH excluding ortho intramolecular Hbond substituents is 2. The van der Waals surface area contributed by atoms with Crippen molar-refractivity contribution in [2.45, 2.75) is 6.42 Å². The number of hydrogen-bond acceptors (Lipinski definition) is 6. The monoisotopic (exact) mass is 380 g/mol. The molecule has 1 aliphatic rings. The van der Waals surface area contributed by atoms with Crippen molar-refractivity contribution in [3.8, 4) is 23.6 Å². The van der Waals surface area contributed by atoms with Gasteiger partial charge in [0.25, 0.3) is 0 Å². The number of allylic oxidation sites excluding steroid dienone is 4. The van der Waals surface area contributed by atoms with Crippen LogP contribution in [-0.2, 0) is 0 Å². The smallest absolute Gasteiger partial charge is 0.177 e. The number of aromatic hydroxyl groups is 2. The molecule has 2 N–H and O–H groups in total. The molecule has 2 aromatic carbocycles. The lowest BCUT2D eigenvalue weighted by Crippen LogP contribution is -2.02. The maximum absolute atomic E-state index is 9.38. The van der Waals surface area contributed by atoms with Crippen molar-refractivity contribution < 1.29 is 10.2 Å². The van der Waals surface area contributed by atoms with E-state index in [1.165, 1.54) is 0 Å². The van der Waals surface area contributed by atoms with Gasteiger partial charge >= 0.3 is 0 Å². The largest absolute Gasteiger partial charge is 0.508 e. The maximum Gasteiger partial charge on any atom is 0.177 e. The number of phenols is 2. The first-order chi connectivity index (χ1) is 14.1. The topological polar surface area (TPSA) is 113 Å². The fourth-order valence-electron chi connectivity index (χ4n) is 2.56. The van der Waals surface area contributed by atoms with Crippen molar-refractivity contribution in [3.05, 3.63) is 83.2 Å². The van der Waals surface area contributed by atoms with Crippen LogP contribution in [0.15, 0.2) is 82.1 Å². The quantitative estimate of drug-likeness (QED) is 0.820. The van der Waals surface area contributed by atoms with Crippen LogP contribution in [0.25, 0.3) is 12.2 Å². The van der Waals surface area contributed by atoms with Crippen LogP contribution in [0.5, 0.6) is 11.5 Å². The third kappa shape index (κ3) is 5.29. The summed E-state index contributed by atoms with van der Waals surface area (Å²) in [5.41, 5.74) is 2.80. The molecule has 1 aliphatic heterocycles. The average molecular weight is 380 g/mol. The first-order valence-electron chi connectivity index (χ1n) is 8.71. The van der Waals surface area contributed by atoms with E-state index in [0.717, 1.165) is 11.1 Å². The molecule has 0 aromatic heterocycles. The minimum atomic E-state index is -0.0362. The zero-order chi connectivity index (χ0) is 20.6. The number of aliphatic imine (C=N–C) groups is 2. The van der Waals surface area contributed by atoms with E-state index in [4.69, 9.17) is 0 Å². The molecular formula is C23H16N4O2. The molecule has 2 aromatic rings. The average Bonchev–Trinajstić information content (AvgIpc) is 2.91. The van der Waals surface area contributed by atoms with E-state index >= 15 is 0 Å². The van der Waals surface area contributed by atoms with Gasteiger partial charge in [0.2, 0.25) is 0 Å². The van der Waals surface area contributed by atoms with Gasteiger partial charge < -0.3 is 10.2 Å². The second-order valence-corrected chi connectivity index (χ2v) is 6.15. The molecule has 0 atom stereocenters. The fourth-order valence-corrected chi connectivity index (χ4v) is 2.56. The highest BCUT2D eigenvalue weighted by Crippen LogP contribution is 2.17. The summed E-state index contributed by atoms with van der Waals surface area (Å²) < 4.78 is 0. The molecule has 0 aliphatic carbocycles. The van der Waals surface area contributed by atoms with E-state index in [0.29, 0.717) is 17.8 Å². The Labute approximate surface area is 168 Å². The van der Waals surface area contributed by atoms with Gasteiger partial charge in [-0.2, -0.15) is 10.5 Å². The van der Waals surface area contributed by atoms with Gasteiger partial charge in [-0.25, -0.2) is 9.98 Å². The van der Waals surface area contributed by atoms with E-state index < -0.39 is 0 Å². The van der Waals surface area contributed by atoms with Gasteiger partial charge in [0.05, 0.1) is 0 Å². The Kier molecular flexibility index (Phi) is 5.99. The molecule has 0 fully saturated rings. The summed E-state index contributed by atoms with van der Waals surface area (Å²) in [6, 6.07) is 17.2. The number of nitrogens with zero attached hydrogens (tertiary/aromatic N) is 4. The van der Waals surface area contributed by atoms with Gasteiger partial charge in [-0.1, -0.05) is 36.4 Å². The zero-order valence-corrected chi connectivity index (χ0v) is 15.3. The molecule has 6 heteroatoms. The number of nitriles is 2. The zero-order valence-electron chi connectivity index (χ0n) is 15.3. The van der Waals surface area contributed by atoms with E-state index in [2.05, 4.69) is 9.98 Å². The lowest BCUT2D eigenvalue weighted by Gasteiger charge is -2.00. The van der Waals surface area contributed by atoms with Crippen molar-refractivity contribution >= 4 is 23.6 Å². The first-order valence-corrected chi connectivity index (χ1v) is 8.71. The fraction of sp³-hybridized carbons (Fsp3) is 0.0435. The van der Waals surface area contributed by atoms with Gasteiger partial charge in [0.1, 0.15) is 23.6 Å². The molecule has 0 amide bonds. The Hall–Kier alpha value is -4.42. The predicted octanol–water partition coefficient (Wildman–Crippen LogP) is 4.37. The second-order valence-electron chi connectivity index (χ2n) is 6.15. The highest BCUT2D eigenvalue weighted by atomic mass is 16.3. The van der Waals surface area contributed by atoms with Crippen LogP contribution >= 0.6 is 0 Å². The standard InChI is InChI=1S/C23H16N4O2/c24-14-22-23(15-25)27-19(8-2-17-5-11-21(29)12-6-17)13-18(26-22)7-1-16-3-9-20(28)10-4-16/h1-12,28-29H,13H2. The SMILES string of the molecule is N#CC1=C(C#N)N=C(C=Cc2ccc(O)cc2)CC(C=Cc2ccc(O)cc2)=N1. The predicted molar refractivity (Wildman–Crippen MR) is 112 cm³/mol. The van der Waals surface area contributed by atoms with Crippen molar-refractivity contribution in [2.24, 2.45) is 9.98 Å². The maximum atomic E-state index is 9.38. The van der Waals surface area contributed by atoms with Gasteiger partial charge in [0, 0.05) is 17.8 Å². The summed E-state index contributed by atoms with van der Waals surface area (Å²) in [4.78, 5) is 8.58. The normalized spacial score (nSPS) is 14.3. The Morgan fingerprint density at radius 2 is 1.03 bits per heavy atom. The summed E-state index contributed by atoms with van der Waals surface area (Å²) in [7, 11) is 0. The molecule has 6 nitrogen and oxygen atoms in total. The lowest BCUT2D eigenvalue weighted by molar-refractivity contribution is 0.474. The van der Waals surface area contributed by atoms with Crippen molar-refractivity contribution in [1.29, 1.82) is 10.5 Å². The third-order valence-corrected chi connectivity index (χ3v) is 4.03. The molecule has 0 unspecified atom stereocenters. The van der Waals surface area contributed by atoms with E-state index in [-0.39, 0.29) is 22.9 Å². The van der Waals surface area contributed by atoms with Crippen molar-refractivity contribution in [1.82, 2.24) is 0 Å². The Morgan fingerprint density at radius 3 is 1.38 bits per heavy atom. The Morgan fingerprint density at radius 1 is 0.655 bits per heavy atom. The summed E-state index contributed by atoms with van der Waals surface area (Å²) in [6.07, 6.45) is 7.47. The van der Waals surface area contributed by atoms with Crippen LogP contribution in [0, 0.1) is 22.7 Å². The van der Waals surface area contributed by atoms with Gasteiger partial charge in [-0.05, 0) is 47.5 Å². The first kappa shape index (κ1) is 19.3. The molecule has 0 radical (unpaired) electrons. The van der Waals surface area contributed by atoms with Crippen LogP contribution in [0.3, 0.4) is 0 Å². The summed E-state index contributed by atoms with van der Waals surface area (Å²) in [6.45, 7) is 0. The number of hydrogen-bond donors (Lipinski definition) is 2. The second kappa shape index (κ2) is 8.98. The number of rotatable bonds is 4. The Balaban J connectivity index is 1.91. The highest BCUT2D eigenvalue weighted by molar-refractivity contribution is 6.16. The minimum Gasteiger partial charge on any atom is -0.508 e. The summed E-state index contributed by atoms with van der Waals surface area (Å²) >= 11 is 0. The minimum absolute atomic E-state index is 0.0362. The molecule has 0 saturated carbocycles. The van der Waals surface area contributed by atoms with Gasteiger partial charge in [-0.15, -0.1) is 0 Å². The third-order valence-electron chi connectivity index (χ3n) is 4.03. The van der Waals surface area contributed by atoms with Crippen LogP contribution < -0.4 is 0 Å². The van der Waals surface area contributed by atoms with Gasteiger partial charge in [0.15, 0.2) is 11.4 Å². The Bertz CT molecular complexity index is 1050. The van der Waals surface area contributed by atoms with Crippen LogP contribution in [0.4, 0.5) is 0 Å². The van der Waals surface area contributed by atoms with E-state index in [9.17, 15) is 20.7 Å². The van der Waals surface area contributed by atoms with Crippen LogP contribution in [0.2, 0.25) is 0 Å². The van der Waals surface area contributed by atoms with E-state index in [1.807, 2.05) is 24.3 Å². The molecule has 0 bridgehead atoms. The molecule has 29 heavy (non-hydrogen) atoms. The van der Waals surface area contributed by atoms with Gasteiger partial charge in [-0.3, -0.25) is 0 Å². The molecule has 0 saturated heterocycles. The highest BCUT2D eigenvalue weighted by Gasteiger charge is 2.13. The molecule has 0 spiro atoms. The summed E-state index contributed by atoms with van der Waals surface area (Å²) in [5.74, 6) is 0.354. The van der Waals surface area contributed by atoms with Crippen molar-refractivity contribution in [2.75, 3.05) is 0 Å². The number of benzene rings is 2. The molecule has 1 heterocycles. The summed E-state index contributed by atoms with van der Waals surface area (Å²) in [5, 5.41) is 37.4. The van der Waals surface area contributed by atoms with Crippen LogP contribution in [-0.4, -0.2) is 21.6 Å². The molecular weight excluding hydrogens is 364 g/mol. The van der Waals surface area contributed by atoms with Crippen molar-refractivity contribution in [3.63, 3.8) is 0 Å². The molecule has 3 rings (SSSR count). The lowest BCUT2D eigenvalue weighted by atomic mass is 10.1. The van der Waals surface area contributed by atoms with Crippen LogP contribution in [0.1, 0.15) is 17.5 Å². The van der Waals surface area contributed by atoms with E-state index in [1.54, 1.807) is 60.7 Å². The molecule has 140 valence electrons.